The van der Waals surface area contributed by atoms with Gasteiger partial charge in [-0.3, -0.25) is 9.59 Å². The summed E-state index contributed by atoms with van der Waals surface area (Å²) in [5.74, 6) is 0.652. The maximum absolute atomic E-state index is 12.8. The molecule has 3 aromatic rings. The van der Waals surface area contributed by atoms with Crippen molar-refractivity contribution in [3.05, 3.63) is 80.4 Å². The molecule has 9 heteroatoms. The smallest absolute Gasteiger partial charge is 0.266 e. The van der Waals surface area contributed by atoms with Gasteiger partial charge in [0.25, 0.3) is 11.8 Å². The predicted octanol–water partition coefficient (Wildman–Crippen LogP) is 6.27. The lowest BCUT2D eigenvalue weighted by Crippen LogP contribution is -2.21. The van der Waals surface area contributed by atoms with Crippen LogP contribution in [-0.2, 0) is 9.59 Å². The van der Waals surface area contributed by atoms with Crippen LogP contribution in [0.25, 0.3) is 6.08 Å². The molecule has 0 aliphatic heterocycles. The van der Waals surface area contributed by atoms with Crippen LogP contribution in [0.3, 0.4) is 0 Å². The SMILES string of the molecule is CCOc1ccc(NC(=O)/C(C#N)=C/c2cc(I)c(OCC(=O)Nc3cccc(C)c3C)c(OCC)c2)cc1. The Morgan fingerprint density at radius 3 is 2.36 bits per heavy atom. The third-order valence-corrected chi connectivity index (χ3v) is 6.46. The van der Waals surface area contributed by atoms with E-state index in [9.17, 15) is 14.9 Å². The standard InChI is InChI=1S/C30H30IN3O5/c1-5-37-24-12-10-23(11-13-24)33-30(36)22(17-32)14-21-15-25(31)29(27(16-21)38-6-2)39-18-28(35)34-26-9-7-8-19(3)20(26)4/h7-16H,5-6,18H2,1-4H3,(H,33,36)(H,34,35)/b22-14+. The van der Waals surface area contributed by atoms with Gasteiger partial charge in [0.2, 0.25) is 0 Å². The van der Waals surface area contributed by atoms with Gasteiger partial charge in [-0.1, -0.05) is 12.1 Å². The van der Waals surface area contributed by atoms with Gasteiger partial charge in [0.15, 0.2) is 18.1 Å². The van der Waals surface area contributed by atoms with Gasteiger partial charge in [-0.2, -0.15) is 5.26 Å². The van der Waals surface area contributed by atoms with Crippen molar-refractivity contribution in [2.24, 2.45) is 0 Å². The quantitative estimate of drug-likeness (QED) is 0.146. The third kappa shape index (κ3) is 8.22. The lowest BCUT2D eigenvalue weighted by Gasteiger charge is -2.15. The van der Waals surface area contributed by atoms with Crippen molar-refractivity contribution < 1.29 is 23.8 Å². The van der Waals surface area contributed by atoms with Crippen molar-refractivity contribution in [2.45, 2.75) is 27.7 Å². The van der Waals surface area contributed by atoms with Crippen molar-refractivity contribution in [2.75, 3.05) is 30.5 Å². The Morgan fingerprint density at radius 1 is 0.974 bits per heavy atom. The fourth-order valence-electron chi connectivity index (χ4n) is 3.60. The van der Waals surface area contributed by atoms with E-state index in [4.69, 9.17) is 14.2 Å². The van der Waals surface area contributed by atoms with E-state index in [1.165, 1.54) is 6.08 Å². The Morgan fingerprint density at radius 2 is 1.69 bits per heavy atom. The van der Waals surface area contributed by atoms with Gasteiger partial charge in [0, 0.05) is 11.4 Å². The highest BCUT2D eigenvalue weighted by Gasteiger charge is 2.16. The summed E-state index contributed by atoms with van der Waals surface area (Å²) in [6.45, 7) is 8.33. The number of hydrogen-bond donors (Lipinski definition) is 2. The number of rotatable bonds is 11. The van der Waals surface area contributed by atoms with Crippen molar-refractivity contribution >= 4 is 51.9 Å². The molecule has 0 fully saturated rings. The summed E-state index contributed by atoms with van der Waals surface area (Å²) in [6, 6.07) is 18.0. The second kappa shape index (κ2) is 14.2. The number of halogens is 1. The molecule has 3 rings (SSSR count). The number of carbonyl (C=O) groups is 2. The third-order valence-electron chi connectivity index (χ3n) is 5.66. The summed E-state index contributed by atoms with van der Waals surface area (Å²) in [4.78, 5) is 25.3. The molecule has 3 aromatic carbocycles. The average Bonchev–Trinajstić information content (AvgIpc) is 2.91. The maximum Gasteiger partial charge on any atom is 0.266 e. The number of carbonyl (C=O) groups excluding carboxylic acids is 2. The van der Waals surface area contributed by atoms with E-state index >= 15 is 0 Å². The van der Waals surface area contributed by atoms with Crippen LogP contribution in [0.2, 0.25) is 0 Å². The molecule has 2 amide bonds. The summed E-state index contributed by atoms with van der Waals surface area (Å²) in [5, 5.41) is 15.2. The van der Waals surface area contributed by atoms with E-state index < -0.39 is 5.91 Å². The monoisotopic (exact) mass is 639 g/mol. The van der Waals surface area contributed by atoms with Crippen molar-refractivity contribution in [1.29, 1.82) is 5.26 Å². The molecule has 0 heterocycles. The van der Waals surface area contributed by atoms with E-state index in [1.807, 2.05) is 52.0 Å². The van der Waals surface area contributed by atoms with E-state index in [-0.39, 0.29) is 18.1 Å². The molecule has 0 spiro atoms. The largest absolute Gasteiger partial charge is 0.494 e. The Hall–Kier alpha value is -4.04. The second-order valence-electron chi connectivity index (χ2n) is 8.43. The molecule has 0 aromatic heterocycles. The van der Waals surface area contributed by atoms with Crippen molar-refractivity contribution in [3.63, 3.8) is 0 Å². The van der Waals surface area contributed by atoms with E-state index in [0.717, 1.165) is 16.8 Å². The normalized spacial score (nSPS) is 10.8. The highest BCUT2D eigenvalue weighted by atomic mass is 127. The van der Waals surface area contributed by atoms with Crippen LogP contribution in [0.15, 0.2) is 60.2 Å². The first kappa shape index (κ1) is 29.5. The fourth-order valence-corrected chi connectivity index (χ4v) is 4.38. The number of benzene rings is 3. The molecule has 0 aliphatic rings. The van der Waals surface area contributed by atoms with E-state index in [0.29, 0.717) is 45.3 Å². The van der Waals surface area contributed by atoms with Crippen molar-refractivity contribution in [1.82, 2.24) is 0 Å². The minimum atomic E-state index is -0.543. The van der Waals surface area contributed by atoms with Gasteiger partial charge in [0.1, 0.15) is 17.4 Å². The molecule has 0 radical (unpaired) electrons. The maximum atomic E-state index is 12.8. The zero-order valence-electron chi connectivity index (χ0n) is 22.3. The summed E-state index contributed by atoms with van der Waals surface area (Å²) in [5.41, 5.74) is 3.84. The molecule has 0 unspecified atom stereocenters. The van der Waals surface area contributed by atoms with Gasteiger partial charge >= 0.3 is 0 Å². The molecule has 0 aliphatic carbocycles. The van der Waals surface area contributed by atoms with Crippen LogP contribution in [0.1, 0.15) is 30.5 Å². The summed E-state index contributed by atoms with van der Waals surface area (Å²) >= 11 is 2.07. The first-order chi connectivity index (χ1) is 18.7. The zero-order chi connectivity index (χ0) is 28.4. The number of nitrogens with one attached hydrogen (secondary N) is 2. The Balaban J connectivity index is 1.75. The summed E-state index contributed by atoms with van der Waals surface area (Å²) in [6.07, 6.45) is 1.48. The van der Waals surface area contributed by atoms with Crippen LogP contribution in [0, 0.1) is 28.7 Å². The van der Waals surface area contributed by atoms with Gasteiger partial charge in [-0.15, -0.1) is 0 Å². The fraction of sp³-hybridized carbons (Fsp3) is 0.233. The van der Waals surface area contributed by atoms with Gasteiger partial charge in [-0.05, 0) is 116 Å². The highest BCUT2D eigenvalue weighted by Crippen LogP contribution is 2.35. The minimum absolute atomic E-state index is 0.0799. The molecule has 8 nitrogen and oxygen atoms in total. The average molecular weight is 639 g/mol. The van der Waals surface area contributed by atoms with Gasteiger partial charge in [0.05, 0.1) is 16.8 Å². The lowest BCUT2D eigenvalue weighted by molar-refractivity contribution is -0.118. The molecule has 202 valence electrons. The Kier molecular flexibility index (Phi) is 10.8. The van der Waals surface area contributed by atoms with Crippen molar-refractivity contribution in [3.8, 4) is 23.3 Å². The lowest BCUT2D eigenvalue weighted by atomic mass is 10.1. The Labute approximate surface area is 242 Å². The van der Waals surface area contributed by atoms with Crippen LogP contribution in [0.4, 0.5) is 11.4 Å². The second-order valence-corrected chi connectivity index (χ2v) is 9.59. The molecule has 0 bridgehead atoms. The van der Waals surface area contributed by atoms with E-state index in [2.05, 4.69) is 33.2 Å². The molecular formula is C30H30IN3O5. The number of anilines is 2. The number of aryl methyl sites for hydroxylation is 1. The van der Waals surface area contributed by atoms with Crippen LogP contribution >= 0.6 is 22.6 Å². The van der Waals surface area contributed by atoms with Gasteiger partial charge < -0.3 is 24.8 Å². The first-order valence-corrected chi connectivity index (χ1v) is 13.4. The van der Waals surface area contributed by atoms with Crippen LogP contribution in [-0.4, -0.2) is 31.6 Å². The van der Waals surface area contributed by atoms with E-state index in [1.54, 1.807) is 36.4 Å². The molecule has 2 N–H and O–H groups in total. The number of hydrogen-bond acceptors (Lipinski definition) is 6. The number of amides is 2. The van der Waals surface area contributed by atoms with Crippen LogP contribution in [0.5, 0.6) is 17.2 Å². The molecule has 0 atom stereocenters. The predicted molar refractivity (Wildman–Crippen MR) is 160 cm³/mol. The molecule has 0 saturated carbocycles. The zero-order valence-corrected chi connectivity index (χ0v) is 24.4. The van der Waals surface area contributed by atoms with Crippen LogP contribution < -0.4 is 24.8 Å². The molecule has 0 saturated heterocycles. The topological polar surface area (TPSA) is 110 Å². The summed E-state index contributed by atoms with van der Waals surface area (Å²) < 4.78 is 17.7. The highest BCUT2D eigenvalue weighted by molar-refractivity contribution is 14.1. The Bertz CT molecular complexity index is 1410. The summed E-state index contributed by atoms with van der Waals surface area (Å²) in [7, 11) is 0. The van der Waals surface area contributed by atoms with Gasteiger partial charge in [-0.25, -0.2) is 0 Å². The number of nitriles is 1. The molecular weight excluding hydrogens is 609 g/mol. The minimum Gasteiger partial charge on any atom is -0.494 e. The molecule has 39 heavy (non-hydrogen) atoms. The first-order valence-electron chi connectivity index (χ1n) is 12.4. The number of ether oxygens (including phenoxy) is 3. The number of nitrogens with zero attached hydrogens (tertiary/aromatic N) is 1.